The van der Waals surface area contributed by atoms with Crippen molar-refractivity contribution >= 4 is 23.7 Å². The van der Waals surface area contributed by atoms with Crippen molar-refractivity contribution in [3.8, 4) is 0 Å². The highest BCUT2D eigenvalue weighted by molar-refractivity contribution is 5.94. The van der Waals surface area contributed by atoms with Gasteiger partial charge in [-0.25, -0.2) is 4.79 Å². The van der Waals surface area contributed by atoms with Crippen LogP contribution >= 0.6 is 0 Å². The number of esters is 1. The summed E-state index contributed by atoms with van der Waals surface area (Å²) in [4.78, 5) is 48.0. The van der Waals surface area contributed by atoms with Gasteiger partial charge in [0, 0.05) is 31.5 Å². The van der Waals surface area contributed by atoms with Crippen LogP contribution in [0.15, 0.2) is 24.3 Å². The molecule has 8 nitrogen and oxygen atoms in total. The van der Waals surface area contributed by atoms with E-state index in [1.165, 1.54) is 7.11 Å². The Morgan fingerprint density at radius 3 is 2.09 bits per heavy atom. The van der Waals surface area contributed by atoms with Gasteiger partial charge < -0.3 is 20.7 Å². The number of benzene rings is 1. The summed E-state index contributed by atoms with van der Waals surface area (Å²) in [5.41, 5.74) is 1.72. The van der Waals surface area contributed by atoms with Gasteiger partial charge in [0.15, 0.2) is 0 Å². The Labute approximate surface area is 197 Å². The largest absolute Gasteiger partial charge is 0.467 e. The molecule has 0 saturated carbocycles. The zero-order valence-electron chi connectivity index (χ0n) is 20.7. The minimum Gasteiger partial charge on any atom is -0.467 e. The van der Waals surface area contributed by atoms with Crippen molar-refractivity contribution in [2.45, 2.75) is 71.8 Å². The van der Waals surface area contributed by atoms with Crippen LogP contribution in [-0.2, 0) is 24.5 Å². The highest BCUT2D eigenvalue weighted by atomic mass is 16.5. The Kier molecular flexibility index (Phi) is 11.6. The van der Waals surface area contributed by atoms with Crippen LogP contribution in [0.3, 0.4) is 0 Å². The summed E-state index contributed by atoms with van der Waals surface area (Å²) in [7, 11) is 1.29. The van der Waals surface area contributed by atoms with Crippen LogP contribution in [-0.4, -0.2) is 49.9 Å². The first-order valence-corrected chi connectivity index (χ1v) is 11.5. The fourth-order valence-electron chi connectivity index (χ4n) is 3.17. The minimum absolute atomic E-state index is 0.0188. The Hall–Kier alpha value is -2.90. The van der Waals surface area contributed by atoms with Crippen LogP contribution < -0.4 is 16.0 Å². The lowest BCUT2D eigenvalue weighted by atomic mass is 9.87. The molecule has 1 unspecified atom stereocenters. The fourth-order valence-corrected chi connectivity index (χ4v) is 3.17. The van der Waals surface area contributed by atoms with Crippen LogP contribution in [0, 0.1) is 5.92 Å². The second-order valence-electron chi connectivity index (χ2n) is 9.56. The molecule has 33 heavy (non-hydrogen) atoms. The lowest BCUT2D eigenvalue weighted by Crippen LogP contribution is -2.42. The average molecular weight is 462 g/mol. The van der Waals surface area contributed by atoms with Gasteiger partial charge in [0.2, 0.25) is 11.8 Å². The predicted octanol–water partition coefficient (Wildman–Crippen LogP) is 2.70. The first-order valence-electron chi connectivity index (χ1n) is 11.5. The van der Waals surface area contributed by atoms with Gasteiger partial charge in [-0.05, 0) is 41.9 Å². The Bertz CT molecular complexity index is 797. The molecule has 0 aromatic heterocycles. The highest BCUT2D eigenvalue weighted by Gasteiger charge is 2.22. The molecule has 0 aliphatic rings. The molecule has 8 heteroatoms. The third-order valence-corrected chi connectivity index (χ3v) is 5.08. The molecule has 1 aromatic rings. The SMILES string of the molecule is COC(=O)C(CC(C)C)NC(=O)CCCNC(=O)CCNC(=O)c1ccc(C(C)(C)C)cc1. The number of nitrogens with one attached hydrogen (secondary N) is 3. The molecule has 0 fully saturated rings. The lowest BCUT2D eigenvalue weighted by Gasteiger charge is -2.19. The maximum Gasteiger partial charge on any atom is 0.328 e. The number of carbonyl (C=O) groups is 4. The summed E-state index contributed by atoms with van der Waals surface area (Å²) in [6.45, 7) is 10.8. The number of hydrogen-bond acceptors (Lipinski definition) is 5. The maximum atomic E-state index is 12.2. The molecule has 0 spiro atoms. The van der Waals surface area contributed by atoms with E-state index in [1.807, 2.05) is 26.0 Å². The molecular weight excluding hydrogens is 422 g/mol. The summed E-state index contributed by atoms with van der Waals surface area (Å²) in [6.07, 6.45) is 1.28. The van der Waals surface area contributed by atoms with E-state index in [1.54, 1.807) is 12.1 Å². The Balaban J connectivity index is 2.27. The van der Waals surface area contributed by atoms with E-state index >= 15 is 0 Å². The number of ether oxygens (including phenoxy) is 1. The molecule has 1 rings (SSSR count). The van der Waals surface area contributed by atoms with Crippen LogP contribution in [0.5, 0.6) is 0 Å². The average Bonchev–Trinajstić information content (AvgIpc) is 2.74. The van der Waals surface area contributed by atoms with E-state index in [-0.39, 0.29) is 48.4 Å². The summed E-state index contributed by atoms with van der Waals surface area (Å²) in [6, 6.07) is 6.78. The third-order valence-electron chi connectivity index (χ3n) is 5.08. The van der Waals surface area contributed by atoms with Crippen molar-refractivity contribution < 1.29 is 23.9 Å². The van der Waals surface area contributed by atoms with Gasteiger partial charge in [0.05, 0.1) is 7.11 Å². The number of hydrogen-bond donors (Lipinski definition) is 3. The van der Waals surface area contributed by atoms with Gasteiger partial charge in [-0.2, -0.15) is 0 Å². The molecule has 0 aliphatic carbocycles. The van der Waals surface area contributed by atoms with Crippen molar-refractivity contribution in [2.75, 3.05) is 20.2 Å². The van der Waals surface area contributed by atoms with E-state index in [4.69, 9.17) is 4.74 Å². The summed E-state index contributed by atoms with van der Waals surface area (Å²) >= 11 is 0. The summed E-state index contributed by atoms with van der Waals surface area (Å²) in [5.74, 6) is -0.910. The van der Waals surface area contributed by atoms with E-state index < -0.39 is 12.0 Å². The standard InChI is InChI=1S/C25H39N3O5/c1-17(2)16-20(24(32)33-6)28-22(30)8-7-14-26-21(29)13-15-27-23(31)18-9-11-19(12-10-18)25(3,4)5/h9-12,17,20H,7-8,13-16H2,1-6H3,(H,26,29)(H,27,31)(H,28,30). The van der Waals surface area contributed by atoms with E-state index in [2.05, 4.69) is 36.7 Å². The van der Waals surface area contributed by atoms with Gasteiger partial charge >= 0.3 is 5.97 Å². The number of carbonyl (C=O) groups excluding carboxylic acids is 4. The molecule has 0 aliphatic heterocycles. The molecule has 3 amide bonds. The van der Waals surface area contributed by atoms with Crippen molar-refractivity contribution in [2.24, 2.45) is 5.92 Å². The summed E-state index contributed by atoms with van der Waals surface area (Å²) in [5, 5.41) is 8.16. The van der Waals surface area contributed by atoms with Crippen LogP contribution in [0.4, 0.5) is 0 Å². The van der Waals surface area contributed by atoms with Gasteiger partial charge in [-0.1, -0.05) is 46.8 Å². The van der Waals surface area contributed by atoms with Gasteiger partial charge in [0.1, 0.15) is 6.04 Å². The van der Waals surface area contributed by atoms with Crippen molar-refractivity contribution in [3.63, 3.8) is 0 Å². The molecule has 3 N–H and O–H groups in total. The molecule has 0 saturated heterocycles. The Morgan fingerprint density at radius 2 is 1.55 bits per heavy atom. The van der Waals surface area contributed by atoms with Crippen molar-refractivity contribution in [1.82, 2.24) is 16.0 Å². The van der Waals surface area contributed by atoms with E-state index in [0.717, 1.165) is 5.56 Å². The second kappa shape index (κ2) is 13.6. The van der Waals surface area contributed by atoms with Gasteiger partial charge in [-0.15, -0.1) is 0 Å². The zero-order chi connectivity index (χ0) is 25.0. The fraction of sp³-hybridized carbons (Fsp3) is 0.600. The smallest absolute Gasteiger partial charge is 0.328 e. The zero-order valence-corrected chi connectivity index (χ0v) is 20.7. The molecule has 184 valence electrons. The van der Waals surface area contributed by atoms with Gasteiger partial charge in [0.25, 0.3) is 5.91 Å². The van der Waals surface area contributed by atoms with Crippen LogP contribution in [0.2, 0.25) is 0 Å². The number of rotatable bonds is 12. The minimum atomic E-state index is -0.662. The monoisotopic (exact) mass is 461 g/mol. The molecule has 0 heterocycles. The first-order chi connectivity index (χ1) is 15.4. The lowest BCUT2D eigenvalue weighted by molar-refractivity contribution is -0.145. The molecule has 0 bridgehead atoms. The van der Waals surface area contributed by atoms with Crippen molar-refractivity contribution in [1.29, 1.82) is 0 Å². The highest BCUT2D eigenvalue weighted by Crippen LogP contribution is 2.22. The second-order valence-corrected chi connectivity index (χ2v) is 9.56. The normalized spacial score (nSPS) is 12.1. The van der Waals surface area contributed by atoms with Crippen molar-refractivity contribution in [3.05, 3.63) is 35.4 Å². The third kappa shape index (κ3) is 11.0. The quantitative estimate of drug-likeness (QED) is 0.327. The molecule has 0 radical (unpaired) electrons. The summed E-state index contributed by atoms with van der Waals surface area (Å²) < 4.78 is 4.73. The van der Waals surface area contributed by atoms with Gasteiger partial charge in [-0.3, -0.25) is 14.4 Å². The topological polar surface area (TPSA) is 114 Å². The predicted molar refractivity (Wildman–Crippen MR) is 128 cm³/mol. The number of amides is 3. The maximum absolute atomic E-state index is 12.2. The van der Waals surface area contributed by atoms with E-state index in [9.17, 15) is 19.2 Å². The first kappa shape index (κ1) is 28.1. The van der Waals surface area contributed by atoms with Crippen LogP contribution in [0.1, 0.15) is 76.2 Å². The Morgan fingerprint density at radius 1 is 0.909 bits per heavy atom. The van der Waals surface area contributed by atoms with E-state index in [0.29, 0.717) is 24.9 Å². The van der Waals surface area contributed by atoms with Crippen LogP contribution in [0.25, 0.3) is 0 Å². The number of methoxy groups -OCH3 is 1. The molecule has 1 atom stereocenters. The molecular formula is C25H39N3O5. The molecule has 1 aromatic carbocycles.